The lowest BCUT2D eigenvalue weighted by Gasteiger charge is -2.06. The third-order valence-electron chi connectivity index (χ3n) is 3.36. The van der Waals surface area contributed by atoms with Crippen LogP contribution in [0.2, 0.25) is 0 Å². The SMILES string of the molecule is O=C(CCS(=O)(=O)c1ccccc1)NNc1nc2ccc(F)cc2s1. The molecule has 3 aromatic rings. The van der Waals surface area contributed by atoms with Gasteiger partial charge in [0.2, 0.25) is 11.0 Å². The number of carbonyl (C=O) groups is 1. The molecule has 2 aromatic carbocycles. The van der Waals surface area contributed by atoms with Gasteiger partial charge in [-0.3, -0.25) is 15.6 Å². The van der Waals surface area contributed by atoms with Crippen LogP contribution in [0.5, 0.6) is 0 Å². The summed E-state index contributed by atoms with van der Waals surface area (Å²) in [4.78, 5) is 16.2. The molecule has 0 aliphatic heterocycles. The van der Waals surface area contributed by atoms with E-state index in [1.165, 1.54) is 35.6 Å². The van der Waals surface area contributed by atoms with E-state index in [2.05, 4.69) is 15.8 Å². The number of hydrazine groups is 1. The zero-order chi connectivity index (χ0) is 17.9. The molecule has 0 radical (unpaired) electrons. The van der Waals surface area contributed by atoms with Gasteiger partial charge in [-0.1, -0.05) is 29.5 Å². The van der Waals surface area contributed by atoms with Crippen LogP contribution in [0.1, 0.15) is 6.42 Å². The maximum absolute atomic E-state index is 13.1. The summed E-state index contributed by atoms with van der Waals surface area (Å²) in [6, 6.07) is 12.2. The summed E-state index contributed by atoms with van der Waals surface area (Å²) >= 11 is 1.18. The number of amides is 1. The number of thiazole rings is 1. The van der Waals surface area contributed by atoms with E-state index in [9.17, 15) is 17.6 Å². The summed E-state index contributed by atoms with van der Waals surface area (Å²) in [7, 11) is -3.51. The molecule has 0 spiro atoms. The Morgan fingerprint density at radius 3 is 2.68 bits per heavy atom. The molecule has 0 aliphatic carbocycles. The smallest absolute Gasteiger partial charge is 0.239 e. The molecule has 1 heterocycles. The number of halogens is 1. The van der Waals surface area contributed by atoms with Crippen LogP contribution >= 0.6 is 11.3 Å². The van der Waals surface area contributed by atoms with Gasteiger partial charge in [0.1, 0.15) is 5.82 Å². The number of carbonyl (C=O) groups excluding carboxylic acids is 1. The van der Waals surface area contributed by atoms with E-state index < -0.39 is 15.7 Å². The zero-order valence-electron chi connectivity index (χ0n) is 12.9. The Morgan fingerprint density at radius 1 is 1.16 bits per heavy atom. The molecular weight excluding hydrogens is 365 g/mol. The van der Waals surface area contributed by atoms with Crippen LogP contribution in [0, 0.1) is 5.82 Å². The van der Waals surface area contributed by atoms with Gasteiger partial charge >= 0.3 is 0 Å². The largest absolute Gasteiger partial charge is 0.273 e. The van der Waals surface area contributed by atoms with E-state index in [1.54, 1.807) is 24.3 Å². The summed E-state index contributed by atoms with van der Waals surface area (Å²) in [5.74, 6) is -1.14. The van der Waals surface area contributed by atoms with Crippen molar-refractivity contribution in [1.82, 2.24) is 10.4 Å². The molecule has 0 saturated carbocycles. The van der Waals surface area contributed by atoms with Gasteiger partial charge in [-0.05, 0) is 30.3 Å². The molecule has 0 bridgehead atoms. The quantitative estimate of drug-likeness (QED) is 0.643. The monoisotopic (exact) mass is 379 g/mol. The van der Waals surface area contributed by atoms with Gasteiger partial charge in [-0.25, -0.2) is 17.8 Å². The fraction of sp³-hybridized carbons (Fsp3) is 0.125. The molecule has 3 rings (SSSR count). The summed E-state index contributed by atoms with van der Waals surface area (Å²) in [5.41, 5.74) is 5.63. The Kier molecular flexibility index (Phi) is 4.95. The molecular formula is C16H14FN3O3S2. The van der Waals surface area contributed by atoms with Crippen LogP contribution in [0.15, 0.2) is 53.4 Å². The number of sulfone groups is 1. The number of fused-ring (bicyclic) bond motifs is 1. The minimum atomic E-state index is -3.51. The highest BCUT2D eigenvalue weighted by atomic mass is 32.2. The molecule has 1 aromatic heterocycles. The average Bonchev–Trinajstić information content (AvgIpc) is 3.01. The van der Waals surface area contributed by atoms with Crippen LogP contribution in [0.25, 0.3) is 10.2 Å². The number of nitrogens with one attached hydrogen (secondary N) is 2. The molecule has 9 heteroatoms. The lowest BCUT2D eigenvalue weighted by molar-refractivity contribution is -0.120. The predicted octanol–water partition coefficient (Wildman–Crippen LogP) is 2.74. The number of hydrogen-bond donors (Lipinski definition) is 2. The number of aromatic nitrogens is 1. The van der Waals surface area contributed by atoms with Crippen molar-refractivity contribution in [3.05, 3.63) is 54.3 Å². The van der Waals surface area contributed by atoms with Gasteiger partial charge < -0.3 is 0 Å². The van der Waals surface area contributed by atoms with E-state index >= 15 is 0 Å². The summed E-state index contributed by atoms with van der Waals surface area (Å²) < 4.78 is 38.0. The standard InChI is InChI=1S/C16H14FN3O3S2/c17-11-6-7-13-14(10-11)24-16(18-13)20-19-15(21)8-9-25(22,23)12-4-2-1-3-5-12/h1-7,10H,8-9H2,(H,18,20)(H,19,21). The van der Waals surface area contributed by atoms with E-state index in [-0.39, 0.29) is 22.9 Å². The van der Waals surface area contributed by atoms with Gasteiger partial charge in [0, 0.05) is 6.42 Å². The lowest BCUT2D eigenvalue weighted by atomic mass is 10.3. The molecule has 0 fully saturated rings. The van der Waals surface area contributed by atoms with E-state index in [4.69, 9.17) is 0 Å². The number of anilines is 1. The first-order valence-electron chi connectivity index (χ1n) is 7.33. The van der Waals surface area contributed by atoms with Crippen LogP contribution in [0.3, 0.4) is 0 Å². The minimum Gasteiger partial charge on any atom is -0.273 e. The van der Waals surface area contributed by atoms with E-state index in [1.807, 2.05) is 0 Å². The van der Waals surface area contributed by atoms with Crippen molar-refractivity contribution < 1.29 is 17.6 Å². The normalized spacial score (nSPS) is 11.4. The Labute approximate surface area is 147 Å². The van der Waals surface area contributed by atoms with E-state index in [0.29, 0.717) is 15.3 Å². The van der Waals surface area contributed by atoms with Crippen molar-refractivity contribution in [3.63, 3.8) is 0 Å². The third kappa shape index (κ3) is 4.31. The Morgan fingerprint density at radius 2 is 1.92 bits per heavy atom. The molecule has 25 heavy (non-hydrogen) atoms. The third-order valence-corrected chi connectivity index (χ3v) is 6.03. The van der Waals surface area contributed by atoms with Crippen LogP contribution < -0.4 is 10.9 Å². The second kappa shape index (κ2) is 7.16. The first-order chi connectivity index (χ1) is 11.9. The molecule has 2 N–H and O–H groups in total. The van der Waals surface area contributed by atoms with E-state index in [0.717, 1.165) is 0 Å². The maximum Gasteiger partial charge on any atom is 0.239 e. The minimum absolute atomic E-state index is 0.184. The van der Waals surface area contributed by atoms with Gasteiger partial charge in [0.15, 0.2) is 9.84 Å². The topological polar surface area (TPSA) is 88.2 Å². The van der Waals surface area contributed by atoms with Crippen molar-refractivity contribution in [2.75, 3.05) is 11.2 Å². The van der Waals surface area contributed by atoms with Crippen molar-refractivity contribution in [3.8, 4) is 0 Å². The summed E-state index contributed by atoms with van der Waals surface area (Å²) in [6.45, 7) is 0. The van der Waals surface area contributed by atoms with Crippen LogP contribution in [0.4, 0.5) is 9.52 Å². The number of nitrogens with zero attached hydrogens (tertiary/aromatic N) is 1. The Hall–Kier alpha value is -2.52. The number of benzene rings is 2. The average molecular weight is 379 g/mol. The second-order valence-electron chi connectivity index (χ2n) is 5.19. The second-order valence-corrected chi connectivity index (χ2v) is 8.33. The molecule has 0 atom stereocenters. The highest BCUT2D eigenvalue weighted by molar-refractivity contribution is 7.91. The van der Waals surface area contributed by atoms with Gasteiger partial charge in [0.25, 0.3) is 0 Å². The van der Waals surface area contributed by atoms with Gasteiger partial charge in [-0.15, -0.1) is 0 Å². The van der Waals surface area contributed by atoms with Crippen molar-refractivity contribution in [2.24, 2.45) is 0 Å². The van der Waals surface area contributed by atoms with Crippen LogP contribution in [-0.2, 0) is 14.6 Å². The molecule has 130 valence electrons. The van der Waals surface area contributed by atoms with Crippen molar-refractivity contribution >= 4 is 42.4 Å². The molecule has 1 amide bonds. The van der Waals surface area contributed by atoms with Crippen molar-refractivity contribution in [1.29, 1.82) is 0 Å². The highest BCUT2D eigenvalue weighted by Gasteiger charge is 2.16. The van der Waals surface area contributed by atoms with Crippen molar-refractivity contribution in [2.45, 2.75) is 11.3 Å². The zero-order valence-corrected chi connectivity index (χ0v) is 14.5. The highest BCUT2D eigenvalue weighted by Crippen LogP contribution is 2.25. The lowest BCUT2D eigenvalue weighted by Crippen LogP contribution is -2.30. The molecule has 0 unspecified atom stereocenters. The Balaban J connectivity index is 1.55. The molecule has 6 nitrogen and oxygen atoms in total. The van der Waals surface area contributed by atoms with Gasteiger partial charge in [-0.2, -0.15) is 0 Å². The fourth-order valence-corrected chi connectivity index (χ4v) is 4.22. The first-order valence-corrected chi connectivity index (χ1v) is 9.80. The molecule has 0 saturated heterocycles. The predicted molar refractivity (Wildman–Crippen MR) is 94.5 cm³/mol. The van der Waals surface area contributed by atoms with Crippen LogP contribution in [-0.4, -0.2) is 25.1 Å². The summed E-state index contributed by atoms with van der Waals surface area (Å²) in [6.07, 6.45) is -0.191. The molecule has 0 aliphatic rings. The maximum atomic E-state index is 13.1. The first kappa shape index (κ1) is 17.3. The fourth-order valence-electron chi connectivity index (χ4n) is 2.11. The Bertz CT molecular complexity index is 1000. The summed E-state index contributed by atoms with van der Waals surface area (Å²) in [5, 5.41) is 0.389. The number of rotatable bonds is 6. The number of hydrogen-bond acceptors (Lipinski definition) is 6. The van der Waals surface area contributed by atoms with Gasteiger partial charge in [0.05, 0.1) is 20.9 Å².